The van der Waals surface area contributed by atoms with E-state index in [-0.39, 0.29) is 5.41 Å². The fourth-order valence-electron chi connectivity index (χ4n) is 10.0. The second-order valence-corrected chi connectivity index (χ2v) is 16.1. The quantitative estimate of drug-likeness (QED) is 0.175. The maximum Gasteiger partial charge on any atom is 0.0546 e. The van der Waals surface area contributed by atoms with Gasteiger partial charge in [0.15, 0.2) is 0 Å². The van der Waals surface area contributed by atoms with E-state index in [1.807, 2.05) is 0 Å². The Labute approximate surface area is 280 Å². The lowest BCUT2D eigenvalue weighted by Crippen LogP contribution is -2.48. The lowest BCUT2D eigenvalue weighted by Gasteiger charge is -2.57. The SMILES string of the molecule is CC(C)(C)c1ccc(N(c2ccc(-c3ccc(C45CC6CC(CC(C6)C4)C5)cc3)cc2)c2cc3ccccc3c3ccccc23)cc1. The molecule has 4 fully saturated rings. The van der Waals surface area contributed by atoms with Gasteiger partial charge in [0.2, 0.25) is 0 Å². The number of hydrogen-bond acceptors (Lipinski definition) is 1. The van der Waals surface area contributed by atoms with Gasteiger partial charge in [-0.1, -0.05) is 118 Å². The Morgan fingerprint density at radius 2 is 1.02 bits per heavy atom. The van der Waals surface area contributed by atoms with Crippen molar-refractivity contribution < 1.29 is 0 Å². The van der Waals surface area contributed by atoms with Crippen LogP contribution in [0.25, 0.3) is 32.7 Å². The zero-order chi connectivity index (χ0) is 31.8. The van der Waals surface area contributed by atoms with E-state index in [4.69, 9.17) is 0 Å². The molecule has 47 heavy (non-hydrogen) atoms. The molecule has 0 spiro atoms. The Morgan fingerprint density at radius 3 is 1.60 bits per heavy atom. The maximum absolute atomic E-state index is 2.47. The van der Waals surface area contributed by atoms with Crippen molar-refractivity contribution in [2.24, 2.45) is 17.8 Å². The normalized spacial score (nSPS) is 23.4. The minimum atomic E-state index is 0.103. The molecular weight excluding hydrogens is 567 g/mol. The average molecular weight is 612 g/mol. The van der Waals surface area contributed by atoms with Gasteiger partial charge in [0.25, 0.3) is 0 Å². The summed E-state index contributed by atoms with van der Waals surface area (Å²) in [6.07, 6.45) is 8.75. The van der Waals surface area contributed by atoms with Crippen LogP contribution in [0.15, 0.2) is 127 Å². The van der Waals surface area contributed by atoms with Crippen molar-refractivity contribution in [1.82, 2.24) is 0 Å². The topological polar surface area (TPSA) is 3.24 Å². The molecule has 0 atom stereocenters. The third-order valence-corrected chi connectivity index (χ3v) is 12.0. The third kappa shape index (κ3) is 4.98. The molecule has 4 bridgehead atoms. The molecule has 4 aliphatic rings. The van der Waals surface area contributed by atoms with Crippen molar-refractivity contribution in [1.29, 1.82) is 0 Å². The first-order valence-electron chi connectivity index (χ1n) is 17.9. The predicted molar refractivity (Wildman–Crippen MR) is 200 cm³/mol. The minimum Gasteiger partial charge on any atom is -0.310 e. The van der Waals surface area contributed by atoms with E-state index in [0.29, 0.717) is 5.41 Å². The summed E-state index contributed by atoms with van der Waals surface area (Å²) in [7, 11) is 0. The first-order valence-corrected chi connectivity index (χ1v) is 17.9. The summed E-state index contributed by atoms with van der Waals surface area (Å²) in [5, 5.41) is 5.10. The molecule has 0 aliphatic heterocycles. The van der Waals surface area contributed by atoms with Crippen molar-refractivity contribution in [3.63, 3.8) is 0 Å². The minimum absolute atomic E-state index is 0.103. The Morgan fingerprint density at radius 1 is 0.532 bits per heavy atom. The summed E-state index contributed by atoms with van der Waals surface area (Å²) in [6, 6.07) is 48.2. The maximum atomic E-state index is 2.47. The number of anilines is 3. The van der Waals surface area contributed by atoms with Crippen molar-refractivity contribution >= 4 is 38.6 Å². The standard InChI is InChI=1S/C46H45N/c1-45(2,3)37-18-22-40(23-19-37)47(44-27-36-8-4-5-9-41(36)42-10-6-7-11-43(42)44)39-20-14-35(15-21-39)34-12-16-38(17-13-34)46-28-31-24-32(29-46)26-33(25-31)30-46/h4-23,27,31-33H,24-26,28-30H2,1-3H3. The number of fused-ring (bicyclic) bond motifs is 3. The van der Waals surface area contributed by atoms with Crippen molar-refractivity contribution in [3.8, 4) is 11.1 Å². The molecule has 0 heterocycles. The number of rotatable bonds is 5. The Kier molecular flexibility index (Phi) is 6.65. The molecule has 0 unspecified atom stereocenters. The second-order valence-electron chi connectivity index (χ2n) is 16.1. The lowest BCUT2D eigenvalue weighted by atomic mass is 9.48. The van der Waals surface area contributed by atoms with Crippen LogP contribution in [0.1, 0.15) is 70.4 Å². The molecule has 4 aliphatic carbocycles. The predicted octanol–water partition coefficient (Wildman–Crippen LogP) is 12.9. The highest BCUT2D eigenvalue weighted by molar-refractivity contribution is 6.14. The highest BCUT2D eigenvalue weighted by Gasteiger charge is 2.51. The van der Waals surface area contributed by atoms with Gasteiger partial charge < -0.3 is 4.90 Å². The van der Waals surface area contributed by atoms with Crippen molar-refractivity contribution in [3.05, 3.63) is 139 Å². The van der Waals surface area contributed by atoms with Crippen LogP contribution in [0.3, 0.4) is 0 Å². The highest BCUT2D eigenvalue weighted by atomic mass is 15.1. The molecule has 0 radical (unpaired) electrons. The van der Waals surface area contributed by atoms with Crippen LogP contribution in [0.4, 0.5) is 17.1 Å². The van der Waals surface area contributed by atoms with Gasteiger partial charge in [0, 0.05) is 16.8 Å². The van der Waals surface area contributed by atoms with Crippen LogP contribution in [-0.2, 0) is 10.8 Å². The van der Waals surface area contributed by atoms with Crippen LogP contribution in [0, 0.1) is 17.8 Å². The number of hydrogen-bond donors (Lipinski definition) is 0. The van der Waals surface area contributed by atoms with Gasteiger partial charge in [-0.15, -0.1) is 0 Å². The molecule has 1 heteroatoms. The molecule has 0 saturated heterocycles. The molecule has 10 rings (SSSR count). The van der Waals surface area contributed by atoms with Crippen LogP contribution in [0.2, 0.25) is 0 Å². The van der Waals surface area contributed by atoms with E-state index in [9.17, 15) is 0 Å². The summed E-state index contributed by atoms with van der Waals surface area (Å²) in [4.78, 5) is 2.45. The van der Waals surface area contributed by atoms with Crippen molar-refractivity contribution in [2.45, 2.75) is 70.1 Å². The van der Waals surface area contributed by atoms with Crippen molar-refractivity contribution in [2.75, 3.05) is 4.90 Å². The largest absolute Gasteiger partial charge is 0.310 e. The molecule has 234 valence electrons. The average Bonchev–Trinajstić information content (AvgIpc) is 3.08. The molecular formula is C46H45N. The molecule has 6 aromatic carbocycles. The van der Waals surface area contributed by atoms with Gasteiger partial charge in [0.05, 0.1) is 5.69 Å². The van der Waals surface area contributed by atoms with Gasteiger partial charge >= 0.3 is 0 Å². The second kappa shape index (κ2) is 10.8. The molecule has 0 N–H and O–H groups in total. The smallest absolute Gasteiger partial charge is 0.0546 e. The Bertz CT molecular complexity index is 2040. The van der Waals surface area contributed by atoms with Gasteiger partial charge in [-0.25, -0.2) is 0 Å². The summed E-state index contributed by atoms with van der Waals surface area (Å²) in [6.45, 7) is 6.85. The summed E-state index contributed by atoms with van der Waals surface area (Å²) < 4.78 is 0. The fraction of sp³-hybridized carbons (Fsp3) is 0.304. The third-order valence-electron chi connectivity index (χ3n) is 12.0. The molecule has 1 nitrogen and oxygen atoms in total. The molecule has 6 aromatic rings. The van der Waals surface area contributed by atoms with E-state index in [2.05, 4.69) is 153 Å². The van der Waals surface area contributed by atoms with Crippen LogP contribution >= 0.6 is 0 Å². The summed E-state index contributed by atoms with van der Waals surface area (Å²) in [5.41, 5.74) is 9.63. The first-order chi connectivity index (χ1) is 22.8. The van der Waals surface area contributed by atoms with Gasteiger partial charge in [-0.05, 0) is 136 Å². The van der Waals surface area contributed by atoms with E-state index in [1.165, 1.54) is 93.8 Å². The van der Waals surface area contributed by atoms with Gasteiger partial charge in [-0.2, -0.15) is 0 Å². The Hall–Kier alpha value is -4.36. The van der Waals surface area contributed by atoms with E-state index in [0.717, 1.165) is 17.8 Å². The zero-order valence-corrected chi connectivity index (χ0v) is 28.0. The summed E-state index contributed by atoms with van der Waals surface area (Å²) >= 11 is 0. The molecule has 0 amide bonds. The van der Waals surface area contributed by atoms with Gasteiger partial charge in [0.1, 0.15) is 0 Å². The lowest BCUT2D eigenvalue weighted by molar-refractivity contribution is -0.00518. The first kappa shape index (κ1) is 28.8. The zero-order valence-electron chi connectivity index (χ0n) is 28.0. The van der Waals surface area contributed by atoms with E-state index in [1.54, 1.807) is 5.56 Å². The number of nitrogens with zero attached hydrogens (tertiary/aromatic N) is 1. The van der Waals surface area contributed by atoms with Crippen LogP contribution in [0.5, 0.6) is 0 Å². The monoisotopic (exact) mass is 611 g/mol. The van der Waals surface area contributed by atoms with E-state index < -0.39 is 0 Å². The summed E-state index contributed by atoms with van der Waals surface area (Å²) in [5.74, 6) is 2.92. The highest BCUT2D eigenvalue weighted by Crippen LogP contribution is 2.60. The number of benzene rings is 6. The fourth-order valence-corrected chi connectivity index (χ4v) is 10.0. The van der Waals surface area contributed by atoms with Gasteiger partial charge in [-0.3, -0.25) is 0 Å². The van der Waals surface area contributed by atoms with E-state index >= 15 is 0 Å². The molecule has 0 aromatic heterocycles. The molecule has 4 saturated carbocycles. The van der Waals surface area contributed by atoms with Crippen LogP contribution in [-0.4, -0.2) is 0 Å². The van der Waals surface area contributed by atoms with Crippen LogP contribution < -0.4 is 4.90 Å². The Balaban J connectivity index is 1.10.